The van der Waals surface area contributed by atoms with Crippen LogP contribution < -0.4 is 9.62 Å². The second-order valence-electron chi connectivity index (χ2n) is 8.03. The first-order chi connectivity index (χ1) is 15.2. The zero-order valence-electron chi connectivity index (χ0n) is 19.0. The number of hydrogen-bond acceptors (Lipinski definition) is 3. The molecule has 0 saturated heterocycles. The molecule has 3 aromatic carbocycles. The molecular formula is C26H30N2O3S. The molecule has 5 nitrogen and oxygen atoms in total. The first kappa shape index (κ1) is 23.5. The number of hydrogen-bond donors (Lipinski definition) is 1. The fourth-order valence-corrected chi connectivity index (χ4v) is 4.92. The summed E-state index contributed by atoms with van der Waals surface area (Å²) in [5, 5.41) is 3.00. The van der Waals surface area contributed by atoms with E-state index < -0.39 is 10.0 Å². The SMILES string of the molecule is CCC(NC(=O)CN(c1ccc(C)c(C)c1)S(=O)(=O)c1ccc(C)cc1)c1ccccc1. The number of nitrogens with one attached hydrogen (secondary N) is 1. The van der Waals surface area contributed by atoms with Gasteiger partial charge >= 0.3 is 0 Å². The van der Waals surface area contributed by atoms with Gasteiger partial charge in [0.15, 0.2) is 0 Å². The number of rotatable bonds is 8. The Morgan fingerprint density at radius 1 is 0.906 bits per heavy atom. The molecule has 0 aliphatic rings. The second-order valence-corrected chi connectivity index (χ2v) is 9.89. The molecule has 0 fully saturated rings. The number of benzene rings is 3. The lowest BCUT2D eigenvalue weighted by atomic mass is 10.0. The summed E-state index contributed by atoms with van der Waals surface area (Å²) in [5.41, 5.74) is 4.44. The predicted molar refractivity (Wildman–Crippen MR) is 129 cm³/mol. The number of anilines is 1. The Hall–Kier alpha value is -3.12. The van der Waals surface area contributed by atoms with Crippen LogP contribution in [-0.2, 0) is 14.8 Å². The maximum absolute atomic E-state index is 13.5. The summed E-state index contributed by atoms with van der Waals surface area (Å²) >= 11 is 0. The molecule has 0 aliphatic carbocycles. The molecule has 32 heavy (non-hydrogen) atoms. The molecule has 0 bridgehead atoms. The van der Waals surface area contributed by atoms with E-state index in [9.17, 15) is 13.2 Å². The third-order valence-corrected chi connectivity index (χ3v) is 7.41. The van der Waals surface area contributed by atoms with Crippen molar-refractivity contribution in [2.75, 3.05) is 10.8 Å². The Morgan fingerprint density at radius 2 is 1.56 bits per heavy atom. The van der Waals surface area contributed by atoms with E-state index >= 15 is 0 Å². The minimum absolute atomic E-state index is 0.157. The standard InChI is InChI=1S/C26H30N2O3S/c1-5-25(22-9-7-6-8-10-22)27-26(29)18-28(23-14-13-20(3)21(4)17-23)32(30,31)24-15-11-19(2)12-16-24/h6-17,25H,5,18H2,1-4H3,(H,27,29). The molecule has 0 aromatic heterocycles. The maximum atomic E-state index is 13.5. The van der Waals surface area contributed by atoms with Crippen molar-refractivity contribution in [3.63, 3.8) is 0 Å². The minimum Gasteiger partial charge on any atom is -0.348 e. The van der Waals surface area contributed by atoms with Crippen molar-refractivity contribution in [1.82, 2.24) is 5.32 Å². The maximum Gasteiger partial charge on any atom is 0.264 e. The summed E-state index contributed by atoms with van der Waals surface area (Å²) in [6.07, 6.45) is 0.699. The van der Waals surface area contributed by atoms with Crippen LogP contribution in [0.5, 0.6) is 0 Å². The number of sulfonamides is 1. The lowest BCUT2D eigenvalue weighted by Crippen LogP contribution is -2.42. The molecule has 168 valence electrons. The van der Waals surface area contributed by atoms with Crippen LogP contribution in [0.2, 0.25) is 0 Å². The molecular weight excluding hydrogens is 420 g/mol. The summed E-state index contributed by atoms with van der Waals surface area (Å²) in [6, 6.07) is 21.6. The third kappa shape index (κ3) is 5.37. The van der Waals surface area contributed by atoms with Crippen molar-refractivity contribution in [2.45, 2.75) is 45.1 Å². The lowest BCUT2D eigenvalue weighted by Gasteiger charge is -2.26. The monoisotopic (exact) mass is 450 g/mol. The first-order valence-electron chi connectivity index (χ1n) is 10.7. The van der Waals surface area contributed by atoms with Crippen molar-refractivity contribution in [2.24, 2.45) is 0 Å². The second kappa shape index (κ2) is 10.0. The Morgan fingerprint density at radius 3 is 2.16 bits per heavy atom. The van der Waals surface area contributed by atoms with Gasteiger partial charge in [0, 0.05) is 0 Å². The van der Waals surface area contributed by atoms with Crippen LogP contribution in [0.4, 0.5) is 5.69 Å². The van der Waals surface area contributed by atoms with Crippen LogP contribution >= 0.6 is 0 Å². The van der Waals surface area contributed by atoms with E-state index in [1.165, 1.54) is 4.31 Å². The quantitative estimate of drug-likeness (QED) is 0.521. The third-order valence-electron chi connectivity index (χ3n) is 5.62. The fraction of sp³-hybridized carbons (Fsp3) is 0.269. The highest BCUT2D eigenvalue weighted by Crippen LogP contribution is 2.26. The first-order valence-corrected chi connectivity index (χ1v) is 12.2. The van der Waals surface area contributed by atoms with Crippen LogP contribution in [0.15, 0.2) is 77.7 Å². The Kier molecular flexibility index (Phi) is 7.36. The van der Waals surface area contributed by atoms with Gasteiger partial charge in [-0.15, -0.1) is 0 Å². The molecule has 6 heteroatoms. The summed E-state index contributed by atoms with van der Waals surface area (Å²) in [4.78, 5) is 13.2. The number of carbonyl (C=O) groups excluding carboxylic acids is 1. The van der Waals surface area contributed by atoms with Gasteiger partial charge < -0.3 is 5.32 Å². The molecule has 3 aromatic rings. The average Bonchev–Trinajstić information content (AvgIpc) is 2.78. The molecule has 0 radical (unpaired) electrons. The largest absolute Gasteiger partial charge is 0.348 e. The topological polar surface area (TPSA) is 66.5 Å². The number of amides is 1. The van der Waals surface area contributed by atoms with E-state index in [0.717, 1.165) is 22.3 Å². The van der Waals surface area contributed by atoms with E-state index in [-0.39, 0.29) is 23.4 Å². The van der Waals surface area contributed by atoms with Gasteiger partial charge in [0.2, 0.25) is 5.91 Å². The number of carbonyl (C=O) groups is 1. The van der Waals surface area contributed by atoms with Crippen LogP contribution in [0, 0.1) is 20.8 Å². The van der Waals surface area contributed by atoms with Gasteiger partial charge in [-0.2, -0.15) is 0 Å². The zero-order valence-corrected chi connectivity index (χ0v) is 19.8. The molecule has 1 N–H and O–H groups in total. The van der Waals surface area contributed by atoms with E-state index in [2.05, 4.69) is 5.32 Å². The van der Waals surface area contributed by atoms with Crippen molar-refractivity contribution in [1.29, 1.82) is 0 Å². The normalized spacial score (nSPS) is 12.2. The molecule has 0 aliphatic heterocycles. The van der Waals surface area contributed by atoms with Gasteiger partial charge in [0.1, 0.15) is 6.54 Å². The van der Waals surface area contributed by atoms with E-state index in [1.54, 1.807) is 30.3 Å². The van der Waals surface area contributed by atoms with Gasteiger partial charge in [-0.25, -0.2) is 8.42 Å². The molecule has 0 saturated carbocycles. The van der Waals surface area contributed by atoms with Crippen LogP contribution in [0.3, 0.4) is 0 Å². The van der Waals surface area contributed by atoms with Crippen molar-refractivity contribution < 1.29 is 13.2 Å². The highest BCUT2D eigenvalue weighted by molar-refractivity contribution is 7.92. The molecule has 0 spiro atoms. The van der Waals surface area contributed by atoms with Crippen LogP contribution in [0.1, 0.15) is 41.6 Å². The van der Waals surface area contributed by atoms with Gasteiger partial charge in [0.25, 0.3) is 10.0 Å². The highest BCUT2D eigenvalue weighted by Gasteiger charge is 2.28. The van der Waals surface area contributed by atoms with Crippen molar-refractivity contribution in [3.8, 4) is 0 Å². The van der Waals surface area contributed by atoms with Gasteiger partial charge in [-0.05, 0) is 68.1 Å². The summed E-state index contributed by atoms with van der Waals surface area (Å²) < 4.78 is 28.3. The van der Waals surface area contributed by atoms with Gasteiger partial charge in [0.05, 0.1) is 16.6 Å². The smallest absolute Gasteiger partial charge is 0.264 e. The van der Waals surface area contributed by atoms with Crippen molar-refractivity contribution >= 4 is 21.6 Å². The average molecular weight is 451 g/mol. The van der Waals surface area contributed by atoms with E-state index in [1.807, 2.05) is 70.2 Å². The fourth-order valence-electron chi connectivity index (χ4n) is 3.51. The van der Waals surface area contributed by atoms with E-state index in [0.29, 0.717) is 12.1 Å². The summed E-state index contributed by atoms with van der Waals surface area (Å²) in [6.45, 7) is 7.48. The summed E-state index contributed by atoms with van der Waals surface area (Å²) in [7, 11) is -3.93. The Bertz CT molecular complexity index is 1170. The lowest BCUT2D eigenvalue weighted by molar-refractivity contribution is -0.120. The molecule has 3 rings (SSSR count). The summed E-state index contributed by atoms with van der Waals surface area (Å²) in [5.74, 6) is -0.352. The highest BCUT2D eigenvalue weighted by atomic mass is 32.2. The predicted octanol–water partition coefficient (Wildman–Crippen LogP) is 5.07. The van der Waals surface area contributed by atoms with Gasteiger partial charge in [-0.1, -0.05) is 61.0 Å². The minimum atomic E-state index is -3.93. The van der Waals surface area contributed by atoms with Crippen molar-refractivity contribution in [3.05, 3.63) is 95.1 Å². The number of aryl methyl sites for hydroxylation is 3. The molecule has 0 heterocycles. The molecule has 1 amide bonds. The number of nitrogens with zero attached hydrogens (tertiary/aromatic N) is 1. The zero-order chi connectivity index (χ0) is 23.3. The molecule has 1 unspecified atom stereocenters. The molecule has 1 atom stereocenters. The Labute approximate surface area is 191 Å². The van der Waals surface area contributed by atoms with Crippen LogP contribution in [-0.4, -0.2) is 20.9 Å². The Balaban J connectivity index is 1.94. The van der Waals surface area contributed by atoms with E-state index in [4.69, 9.17) is 0 Å². The van der Waals surface area contributed by atoms with Crippen LogP contribution in [0.25, 0.3) is 0 Å². The van der Waals surface area contributed by atoms with Gasteiger partial charge in [-0.3, -0.25) is 9.10 Å².